The number of aromatic nitrogens is 2. The van der Waals surface area contributed by atoms with E-state index in [1.165, 1.54) is 14.0 Å². The maximum atomic E-state index is 13.3. The summed E-state index contributed by atoms with van der Waals surface area (Å²) < 4.78 is 10.1. The van der Waals surface area contributed by atoms with Gasteiger partial charge < -0.3 is 30.7 Å². The van der Waals surface area contributed by atoms with Crippen LogP contribution in [0.4, 0.5) is 4.79 Å². The molecule has 4 N–H and O–H groups in total. The van der Waals surface area contributed by atoms with Crippen LogP contribution >= 0.6 is 0 Å². The molecule has 0 aliphatic carbocycles. The molecule has 2 heterocycles. The lowest BCUT2D eigenvalue weighted by molar-refractivity contribution is -0.146. The molecule has 0 aromatic carbocycles. The van der Waals surface area contributed by atoms with Gasteiger partial charge in [-0.05, 0) is 56.9 Å². The van der Waals surface area contributed by atoms with Gasteiger partial charge in [0.05, 0.1) is 7.11 Å². The van der Waals surface area contributed by atoms with Crippen molar-refractivity contribution in [2.45, 2.75) is 84.2 Å². The number of pyridine rings is 2. The van der Waals surface area contributed by atoms with Gasteiger partial charge in [-0.2, -0.15) is 0 Å². The van der Waals surface area contributed by atoms with Crippen LogP contribution in [0.5, 0.6) is 0 Å². The molecule has 4 atom stereocenters. The highest BCUT2D eigenvalue weighted by atomic mass is 16.6. The van der Waals surface area contributed by atoms with E-state index in [9.17, 15) is 24.0 Å². The number of amides is 4. The summed E-state index contributed by atoms with van der Waals surface area (Å²) in [5.41, 5.74) is 0.546. The van der Waals surface area contributed by atoms with Crippen LogP contribution in [0.25, 0.3) is 0 Å². The zero-order chi connectivity index (χ0) is 32.2. The molecule has 0 aliphatic rings. The summed E-state index contributed by atoms with van der Waals surface area (Å²) in [6, 6.07) is 2.66. The number of carbonyl (C=O) groups excluding carboxylic acids is 5. The minimum Gasteiger partial charge on any atom is -0.467 e. The van der Waals surface area contributed by atoms with Crippen molar-refractivity contribution in [3.63, 3.8) is 0 Å². The Morgan fingerprint density at radius 3 is 1.72 bits per heavy atom. The van der Waals surface area contributed by atoms with Crippen LogP contribution in [-0.4, -0.2) is 76.6 Å². The van der Waals surface area contributed by atoms with Crippen LogP contribution in [0.3, 0.4) is 0 Å². The third-order valence-corrected chi connectivity index (χ3v) is 6.14. The maximum Gasteiger partial charge on any atom is 0.408 e. The van der Waals surface area contributed by atoms with Gasteiger partial charge in [0.1, 0.15) is 29.8 Å². The zero-order valence-electron chi connectivity index (χ0n) is 25.7. The Balaban J connectivity index is 2.19. The van der Waals surface area contributed by atoms with Crippen molar-refractivity contribution < 1.29 is 33.4 Å². The fourth-order valence-electron chi connectivity index (χ4n) is 3.93. The molecule has 0 saturated heterocycles. The standard InChI is InChI=1S/C30H42N6O7/c1-18(2)24(28(40)42-7)36-27(39)22(14-20-10-8-12-31-16-20)34-25(37)19(3)33-26(38)23(15-21-11-9-13-32-17-21)35-29(41)43-30(4,5)6/h8-13,16-19,22-24H,14-15H2,1-7H3,(H,33,38)(H,34,37)(H,35,41)(H,36,39)/t19-,22-,23-,24-/m0/s1. The predicted octanol–water partition coefficient (Wildman–Crippen LogP) is 1.46. The molecule has 0 aliphatic heterocycles. The van der Waals surface area contributed by atoms with Gasteiger partial charge in [-0.3, -0.25) is 24.4 Å². The van der Waals surface area contributed by atoms with Crippen LogP contribution < -0.4 is 21.3 Å². The Labute approximate surface area is 251 Å². The van der Waals surface area contributed by atoms with E-state index in [2.05, 4.69) is 31.2 Å². The summed E-state index contributed by atoms with van der Waals surface area (Å²) in [5, 5.41) is 10.5. The Morgan fingerprint density at radius 1 is 0.767 bits per heavy atom. The van der Waals surface area contributed by atoms with Gasteiger partial charge in [0, 0.05) is 37.6 Å². The highest BCUT2D eigenvalue weighted by molar-refractivity contribution is 5.94. The molecule has 2 rings (SSSR count). The van der Waals surface area contributed by atoms with E-state index in [1.54, 1.807) is 83.7 Å². The molecule has 0 spiro atoms. The molecule has 0 bridgehead atoms. The van der Waals surface area contributed by atoms with Crippen LogP contribution in [0, 0.1) is 5.92 Å². The summed E-state index contributed by atoms with van der Waals surface area (Å²) in [7, 11) is 1.22. The normalized spacial score (nSPS) is 14.0. The summed E-state index contributed by atoms with van der Waals surface area (Å²) in [6.07, 6.45) is 5.64. The van der Waals surface area contributed by atoms with E-state index in [0.29, 0.717) is 11.1 Å². The van der Waals surface area contributed by atoms with E-state index >= 15 is 0 Å². The number of rotatable bonds is 13. The average Bonchev–Trinajstić information content (AvgIpc) is 2.94. The van der Waals surface area contributed by atoms with Gasteiger partial charge in [-0.1, -0.05) is 26.0 Å². The molecule has 13 heteroatoms. The first-order chi connectivity index (χ1) is 20.2. The van der Waals surface area contributed by atoms with Crippen LogP contribution in [-0.2, 0) is 41.5 Å². The second-order valence-corrected chi connectivity index (χ2v) is 11.4. The second-order valence-electron chi connectivity index (χ2n) is 11.4. The molecule has 0 fully saturated rings. The van der Waals surface area contributed by atoms with Gasteiger partial charge in [0.2, 0.25) is 17.7 Å². The molecular weight excluding hydrogens is 556 g/mol. The number of methoxy groups -OCH3 is 1. The molecule has 2 aromatic rings. The summed E-state index contributed by atoms with van der Waals surface area (Å²) in [6.45, 7) is 10.0. The van der Waals surface area contributed by atoms with Gasteiger partial charge in [0.15, 0.2) is 0 Å². The van der Waals surface area contributed by atoms with E-state index in [4.69, 9.17) is 9.47 Å². The van der Waals surface area contributed by atoms with E-state index in [1.807, 2.05) is 0 Å². The first-order valence-electron chi connectivity index (χ1n) is 14.0. The number of esters is 1. The summed E-state index contributed by atoms with van der Waals surface area (Å²) in [4.78, 5) is 72.7. The van der Waals surface area contributed by atoms with E-state index < -0.39 is 59.6 Å². The number of hydrogen-bond acceptors (Lipinski definition) is 9. The average molecular weight is 599 g/mol. The maximum absolute atomic E-state index is 13.3. The molecule has 0 unspecified atom stereocenters. The second kappa shape index (κ2) is 16.2. The molecule has 0 saturated carbocycles. The number of nitrogens with zero attached hydrogens (tertiary/aromatic N) is 2. The number of ether oxygens (including phenoxy) is 2. The minimum atomic E-state index is -1.10. The molecule has 2 aromatic heterocycles. The van der Waals surface area contributed by atoms with Gasteiger partial charge in [0.25, 0.3) is 0 Å². The Bertz CT molecular complexity index is 1230. The molecule has 4 amide bonds. The van der Waals surface area contributed by atoms with Crippen molar-refractivity contribution in [2.75, 3.05) is 7.11 Å². The third-order valence-electron chi connectivity index (χ3n) is 6.14. The van der Waals surface area contributed by atoms with Crippen molar-refractivity contribution >= 4 is 29.8 Å². The SMILES string of the molecule is COC(=O)[C@@H](NC(=O)[C@H](Cc1cccnc1)NC(=O)[C@H](C)NC(=O)[C@H](Cc1cccnc1)NC(=O)OC(C)(C)C)C(C)C. The first-order valence-corrected chi connectivity index (χ1v) is 14.0. The van der Waals surface area contributed by atoms with Gasteiger partial charge >= 0.3 is 12.1 Å². The van der Waals surface area contributed by atoms with Gasteiger partial charge in [-0.25, -0.2) is 9.59 Å². The van der Waals surface area contributed by atoms with E-state index in [-0.39, 0.29) is 18.8 Å². The molecule has 13 nitrogen and oxygen atoms in total. The lowest BCUT2D eigenvalue weighted by Crippen LogP contribution is -2.58. The van der Waals surface area contributed by atoms with Crippen molar-refractivity contribution in [1.82, 2.24) is 31.2 Å². The van der Waals surface area contributed by atoms with Crippen LogP contribution in [0.1, 0.15) is 52.7 Å². The fraction of sp³-hybridized carbons (Fsp3) is 0.500. The Hall–Kier alpha value is -4.55. The highest BCUT2D eigenvalue weighted by Gasteiger charge is 2.32. The predicted molar refractivity (Wildman–Crippen MR) is 157 cm³/mol. The van der Waals surface area contributed by atoms with Crippen molar-refractivity contribution in [3.05, 3.63) is 60.2 Å². The Kier molecular flexibility index (Phi) is 13.0. The summed E-state index contributed by atoms with van der Waals surface area (Å²) >= 11 is 0. The lowest BCUT2D eigenvalue weighted by Gasteiger charge is -2.26. The van der Waals surface area contributed by atoms with E-state index in [0.717, 1.165) is 0 Å². The smallest absolute Gasteiger partial charge is 0.408 e. The quantitative estimate of drug-likeness (QED) is 0.249. The number of nitrogens with one attached hydrogen (secondary N) is 4. The number of alkyl carbamates (subject to hydrolysis) is 1. The third kappa shape index (κ3) is 12.1. The largest absolute Gasteiger partial charge is 0.467 e. The monoisotopic (exact) mass is 598 g/mol. The molecule has 43 heavy (non-hydrogen) atoms. The molecular formula is C30H42N6O7. The fourth-order valence-corrected chi connectivity index (χ4v) is 3.93. The minimum absolute atomic E-state index is 0.0713. The highest BCUT2D eigenvalue weighted by Crippen LogP contribution is 2.10. The summed E-state index contributed by atoms with van der Waals surface area (Å²) in [5.74, 6) is -2.81. The van der Waals surface area contributed by atoms with Crippen molar-refractivity contribution in [3.8, 4) is 0 Å². The van der Waals surface area contributed by atoms with Gasteiger partial charge in [-0.15, -0.1) is 0 Å². The first kappa shape index (κ1) is 34.7. The molecule has 234 valence electrons. The lowest BCUT2D eigenvalue weighted by atomic mass is 10.0. The Morgan fingerprint density at radius 2 is 1.28 bits per heavy atom. The topological polar surface area (TPSA) is 178 Å². The van der Waals surface area contributed by atoms with Crippen LogP contribution in [0.2, 0.25) is 0 Å². The van der Waals surface area contributed by atoms with Crippen molar-refractivity contribution in [1.29, 1.82) is 0 Å². The van der Waals surface area contributed by atoms with Crippen molar-refractivity contribution in [2.24, 2.45) is 5.92 Å². The number of carbonyl (C=O) groups is 5. The van der Waals surface area contributed by atoms with Crippen LogP contribution in [0.15, 0.2) is 49.1 Å². The number of hydrogen-bond donors (Lipinski definition) is 4. The zero-order valence-corrected chi connectivity index (χ0v) is 25.7. The molecule has 0 radical (unpaired) electrons.